The normalized spacial score (nSPS) is 35.4. The fraction of sp³-hybridized carbons (Fsp3) is 0.900. The average Bonchev–Trinajstić information content (AvgIpc) is 2.18. The van der Waals surface area contributed by atoms with E-state index in [1.54, 1.807) is 0 Å². The smallest absolute Gasteiger partial charge is 0.320 e. The third kappa shape index (κ3) is 2.07. The maximum Gasteiger partial charge on any atom is 0.320 e. The largest absolute Gasteiger partial charge is 0.463 e. The summed E-state index contributed by atoms with van der Waals surface area (Å²) in [6, 6.07) is 0.177. The summed E-state index contributed by atoms with van der Waals surface area (Å²) in [6.07, 6.45) is 3.89. The van der Waals surface area contributed by atoms with Crippen LogP contribution in [0.2, 0.25) is 0 Å². The first-order chi connectivity index (χ1) is 6.77. The van der Waals surface area contributed by atoms with Gasteiger partial charge < -0.3 is 9.84 Å². The molecule has 0 aromatic carbocycles. The molecule has 0 aromatic heterocycles. The number of rotatable bonds is 1. The van der Waals surface area contributed by atoms with Crippen molar-refractivity contribution in [3.63, 3.8) is 0 Å². The lowest BCUT2D eigenvalue weighted by molar-refractivity contribution is -0.153. The summed E-state index contributed by atoms with van der Waals surface area (Å²) in [5.41, 5.74) is 0. The molecule has 1 aliphatic heterocycles. The Morgan fingerprint density at radius 3 is 2.86 bits per heavy atom. The van der Waals surface area contributed by atoms with E-state index in [9.17, 15) is 9.90 Å². The molecule has 0 spiro atoms. The summed E-state index contributed by atoms with van der Waals surface area (Å²) in [7, 11) is 0. The number of esters is 1. The number of aliphatic hydroxyl groups excluding tert-OH is 1. The second-order valence-electron chi connectivity index (χ2n) is 4.11. The number of hydrogen-bond acceptors (Lipinski definition) is 4. The van der Waals surface area contributed by atoms with Gasteiger partial charge in [0.2, 0.25) is 0 Å². The molecule has 0 amide bonds. The number of morpholine rings is 1. The minimum Gasteiger partial charge on any atom is -0.463 e. The van der Waals surface area contributed by atoms with Crippen molar-refractivity contribution >= 4 is 5.97 Å². The fourth-order valence-corrected chi connectivity index (χ4v) is 2.37. The molecule has 1 heterocycles. The highest BCUT2D eigenvalue weighted by Crippen LogP contribution is 2.23. The number of nitrogens with zero attached hydrogens (tertiary/aromatic N) is 1. The second-order valence-corrected chi connectivity index (χ2v) is 4.11. The van der Waals surface area contributed by atoms with Crippen molar-refractivity contribution in [3.8, 4) is 0 Å². The average molecular weight is 199 g/mol. The van der Waals surface area contributed by atoms with E-state index in [2.05, 4.69) is 4.90 Å². The summed E-state index contributed by atoms with van der Waals surface area (Å²) >= 11 is 0. The molecule has 0 aromatic rings. The van der Waals surface area contributed by atoms with Crippen LogP contribution in [0.25, 0.3) is 0 Å². The highest BCUT2D eigenvalue weighted by atomic mass is 16.5. The van der Waals surface area contributed by atoms with Crippen LogP contribution in [0, 0.1) is 0 Å². The summed E-state index contributed by atoms with van der Waals surface area (Å²) in [6.45, 7) is 1.59. The molecule has 2 aliphatic rings. The van der Waals surface area contributed by atoms with Gasteiger partial charge in [-0.25, -0.2) is 0 Å². The van der Waals surface area contributed by atoms with E-state index in [4.69, 9.17) is 4.74 Å². The topological polar surface area (TPSA) is 49.8 Å². The van der Waals surface area contributed by atoms with Gasteiger partial charge in [-0.2, -0.15) is 0 Å². The first kappa shape index (κ1) is 9.93. The summed E-state index contributed by atoms with van der Waals surface area (Å²) < 4.78 is 4.87. The van der Waals surface area contributed by atoms with Crippen molar-refractivity contribution in [2.24, 2.45) is 0 Å². The zero-order valence-corrected chi connectivity index (χ0v) is 8.32. The highest BCUT2D eigenvalue weighted by molar-refractivity contribution is 5.72. The molecule has 1 saturated heterocycles. The van der Waals surface area contributed by atoms with Crippen LogP contribution >= 0.6 is 0 Å². The van der Waals surface area contributed by atoms with E-state index in [1.165, 1.54) is 0 Å². The Hall–Kier alpha value is -0.610. The van der Waals surface area contributed by atoms with Crippen molar-refractivity contribution in [1.29, 1.82) is 0 Å². The van der Waals surface area contributed by atoms with Gasteiger partial charge in [0.15, 0.2) is 0 Å². The van der Waals surface area contributed by atoms with Gasteiger partial charge in [0.05, 0.1) is 12.6 Å². The van der Waals surface area contributed by atoms with Crippen molar-refractivity contribution in [2.45, 2.75) is 37.8 Å². The van der Waals surface area contributed by atoms with Gasteiger partial charge in [-0.15, -0.1) is 0 Å². The summed E-state index contributed by atoms with van der Waals surface area (Å²) in [4.78, 5) is 13.1. The molecule has 1 N–H and O–H groups in total. The number of carbonyl (C=O) groups excluding carboxylic acids is 1. The standard InChI is InChI=1S/C10H17NO3/c12-9-4-2-1-3-8(9)11-5-6-14-10(13)7-11/h8-9,12H,1-7H2. The molecule has 0 bridgehead atoms. The van der Waals surface area contributed by atoms with Crippen molar-refractivity contribution in [2.75, 3.05) is 19.7 Å². The van der Waals surface area contributed by atoms with E-state index in [0.29, 0.717) is 13.2 Å². The van der Waals surface area contributed by atoms with Crippen molar-refractivity contribution in [3.05, 3.63) is 0 Å². The first-order valence-corrected chi connectivity index (χ1v) is 5.35. The molecule has 2 unspecified atom stereocenters. The third-order valence-corrected chi connectivity index (χ3v) is 3.14. The number of hydrogen-bond donors (Lipinski definition) is 1. The Bertz CT molecular complexity index is 219. The van der Waals surface area contributed by atoms with Crippen LogP contribution < -0.4 is 0 Å². The minimum absolute atomic E-state index is 0.158. The van der Waals surface area contributed by atoms with Gasteiger partial charge in [0.25, 0.3) is 0 Å². The monoisotopic (exact) mass is 199 g/mol. The van der Waals surface area contributed by atoms with Crippen LogP contribution in [-0.4, -0.2) is 47.8 Å². The van der Waals surface area contributed by atoms with E-state index < -0.39 is 0 Å². The van der Waals surface area contributed by atoms with E-state index in [1.807, 2.05) is 0 Å². The fourth-order valence-electron chi connectivity index (χ4n) is 2.37. The predicted molar refractivity (Wildman–Crippen MR) is 50.8 cm³/mol. The number of aliphatic hydroxyl groups is 1. The van der Waals surface area contributed by atoms with Gasteiger partial charge >= 0.3 is 5.97 Å². The molecule has 4 nitrogen and oxygen atoms in total. The number of carbonyl (C=O) groups is 1. The molecule has 2 rings (SSSR count). The van der Waals surface area contributed by atoms with Crippen LogP contribution in [0.15, 0.2) is 0 Å². The lowest BCUT2D eigenvalue weighted by Crippen LogP contribution is -2.51. The molecular weight excluding hydrogens is 182 g/mol. The van der Waals surface area contributed by atoms with Gasteiger partial charge in [0.1, 0.15) is 6.61 Å². The molecular formula is C10H17NO3. The van der Waals surface area contributed by atoms with Crippen LogP contribution in [0.1, 0.15) is 25.7 Å². The molecule has 80 valence electrons. The van der Waals surface area contributed by atoms with Crippen LogP contribution in [0.3, 0.4) is 0 Å². The minimum atomic E-state index is -0.255. The summed E-state index contributed by atoms with van der Waals surface area (Å²) in [5.74, 6) is -0.158. The number of ether oxygens (including phenoxy) is 1. The van der Waals surface area contributed by atoms with Crippen LogP contribution in [0.5, 0.6) is 0 Å². The lowest BCUT2D eigenvalue weighted by Gasteiger charge is -2.38. The molecule has 2 atom stereocenters. The van der Waals surface area contributed by atoms with E-state index in [-0.39, 0.29) is 18.1 Å². The van der Waals surface area contributed by atoms with E-state index >= 15 is 0 Å². The van der Waals surface area contributed by atoms with Gasteiger partial charge in [0, 0.05) is 12.6 Å². The Morgan fingerprint density at radius 2 is 2.14 bits per heavy atom. The quantitative estimate of drug-likeness (QED) is 0.611. The Morgan fingerprint density at radius 1 is 1.36 bits per heavy atom. The van der Waals surface area contributed by atoms with Gasteiger partial charge in [-0.05, 0) is 12.8 Å². The predicted octanol–water partition coefficient (Wildman–Crippen LogP) is 0.149. The Balaban J connectivity index is 1.94. The van der Waals surface area contributed by atoms with Gasteiger partial charge in [-0.3, -0.25) is 9.69 Å². The highest BCUT2D eigenvalue weighted by Gasteiger charge is 2.31. The zero-order chi connectivity index (χ0) is 9.97. The zero-order valence-electron chi connectivity index (χ0n) is 8.32. The van der Waals surface area contributed by atoms with Crippen molar-refractivity contribution in [1.82, 2.24) is 4.90 Å². The van der Waals surface area contributed by atoms with Crippen LogP contribution in [-0.2, 0) is 9.53 Å². The van der Waals surface area contributed by atoms with Crippen LogP contribution in [0.4, 0.5) is 0 Å². The first-order valence-electron chi connectivity index (χ1n) is 5.35. The molecule has 14 heavy (non-hydrogen) atoms. The maximum atomic E-state index is 11.1. The summed E-state index contributed by atoms with van der Waals surface area (Å²) in [5, 5.41) is 9.81. The number of cyclic esters (lactones) is 1. The molecule has 2 fully saturated rings. The third-order valence-electron chi connectivity index (χ3n) is 3.14. The molecule has 0 radical (unpaired) electrons. The SMILES string of the molecule is O=C1CN(C2CCCCC2O)CCO1. The Kier molecular flexibility index (Phi) is 3.03. The lowest BCUT2D eigenvalue weighted by atomic mass is 9.91. The van der Waals surface area contributed by atoms with E-state index in [0.717, 1.165) is 32.2 Å². The Labute approximate surface area is 83.8 Å². The van der Waals surface area contributed by atoms with Crippen molar-refractivity contribution < 1.29 is 14.6 Å². The van der Waals surface area contributed by atoms with Gasteiger partial charge in [-0.1, -0.05) is 12.8 Å². The molecule has 1 aliphatic carbocycles. The molecule has 4 heteroatoms. The second kappa shape index (κ2) is 4.28. The maximum absolute atomic E-state index is 11.1. The molecule has 1 saturated carbocycles.